The van der Waals surface area contributed by atoms with Gasteiger partial charge < -0.3 is 10.2 Å². The molecule has 0 saturated heterocycles. The van der Waals surface area contributed by atoms with Crippen molar-refractivity contribution in [2.75, 3.05) is 19.6 Å². The molecule has 0 radical (unpaired) electrons. The van der Waals surface area contributed by atoms with E-state index in [2.05, 4.69) is 44.8 Å². The van der Waals surface area contributed by atoms with Crippen molar-refractivity contribution in [1.29, 1.82) is 0 Å². The van der Waals surface area contributed by atoms with Gasteiger partial charge in [-0.2, -0.15) is 0 Å². The normalized spacial score (nSPS) is 18.7. The van der Waals surface area contributed by atoms with E-state index >= 15 is 0 Å². The molecule has 0 amide bonds. The van der Waals surface area contributed by atoms with Gasteiger partial charge in [0, 0.05) is 18.1 Å². The van der Waals surface area contributed by atoms with Crippen LogP contribution in [0, 0.1) is 5.92 Å². The molecule has 17 heavy (non-hydrogen) atoms. The molecule has 1 aliphatic rings. The summed E-state index contributed by atoms with van der Waals surface area (Å²) >= 11 is 0. The number of hydrogen-bond donors (Lipinski definition) is 1. The van der Waals surface area contributed by atoms with Crippen molar-refractivity contribution in [3.63, 3.8) is 0 Å². The SMILES string of the molecule is CCCN(CC1CC1)C(C)CCNC(C)(C)C. The average molecular weight is 240 g/mol. The molecule has 0 aromatic carbocycles. The zero-order valence-electron chi connectivity index (χ0n) is 12.6. The number of hydrogen-bond acceptors (Lipinski definition) is 2. The molecule has 0 aliphatic heterocycles. The molecule has 1 aliphatic carbocycles. The minimum Gasteiger partial charge on any atom is -0.312 e. The number of nitrogens with zero attached hydrogens (tertiary/aromatic N) is 1. The summed E-state index contributed by atoms with van der Waals surface area (Å²) in [5.41, 5.74) is 0.256. The lowest BCUT2D eigenvalue weighted by atomic mass is 10.1. The average Bonchev–Trinajstić information content (AvgIpc) is 2.99. The smallest absolute Gasteiger partial charge is 0.00965 e. The molecule has 1 atom stereocenters. The van der Waals surface area contributed by atoms with Gasteiger partial charge >= 0.3 is 0 Å². The Hall–Kier alpha value is -0.0800. The summed E-state index contributed by atoms with van der Waals surface area (Å²) in [6.45, 7) is 15.2. The fourth-order valence-electron chi connectivity index (χ4n) is 2.25. The van der Waals surface area contributed by atoms with E-state index in [4.69, 9.17) is 0 Å². The van der Waals surface area contributed by atoms with Crippen LogP contribution < -0.4 is 5.32 Å². The minimum atomic E-state index is 0.256. The maximum atomic E-state index is 3.59. The Bertz CT molecular complexity index is 203. The molecule has 0 spiro atoms. The van der Waals surface area contributed by atoms with E-state index in [1.807, 2.05) is 0 Å². The van der Waals surface area contributed by atoms with Crippen LogP contribution in [-0.4, -0.2) is 36.1 Å². The van der Waals surface area contributed by atoms with Gasteiger partial charge in [-0.3, -0.25) is 0 Å². The molecule has 1 rings (SSSR count). The first kappa shape index (κ1) is 15.0. The van der Waals surface area contributed by atoms with Crippen molar-refractivity contribution in [2.24, 2.45) is 5.92 Å². The summed E-state index contributed by atoms with van der Waals surface area (Å²) in [5, 5.41) is 3.59. The van der Waals surface area contributed by atoms with E-state index in [0.29, 0.717) is 0 Å². The largest absolute Gasteiger partial charge is 0.312 e. The van der Waals surface area contributed by atoms with Gasteiger partial charge in [-0.25, -0.2) is 0 Å². The topological polar surface area (TPSA) is 15.3 Å². The van der Waals surface area contributed by atoms with Crippen molar-refractivity contribution in [1.82, 2.24) is 10.2 Å². The van der Waals surface area contributed by atoms with Crippen molar-refractivity contribution in [3.05, 3.63) is 0 Å². The van der Waals surface area contributed by atoms with Crippen molar-refractivity contribution < 1.29 is 0 Å². The lowest BCUT2D eigenvalue weighted by Gasteiger charge is -2.30. The van der Waals surface area contributed by atoms with E-state index in [1.165, 1.54) is 38.8 Å². The maximum absolute atomic E-state index is 3.59. The van der Waals surface area contributed by atoms with Gasteiger partial charge in [0.15, 0.2) is 0 Å². The molecule has 1 fully saturated rings. The highest BCUT2D eigenvalue weighted by atomic mass is 15.2. The van der Waals surface area contributed by atoms with Crippen molar-refractivity contribution in [2.45, 2.75) is 71.9 Å². The summed E-state index contributed by atoms with van der Waals surface area (Å²) in [5.74, 6) is 1.01. The van der Waals surface area contributed by atoms with Crippen LogP contribution in [0.15, 0.2) is 0 Å². The lowest BCUT2D eigenvalue weighted by Crippen LogP contribution is -2.41. The second kappa shape index (κ2) is 6.75. The van der Waals surface area contributed by atoms with Gasteiger partial charge in [-0.05, 0) is 72.4 Å². The fraction of sp³-hybridized carbons (Fsp3) is 1.00. The predicted molar refractivity (Wildman–Crippen MR) is 76.4 cm³/mol. The Morgan fingerprint density at radius 2 is 1.94 bits per heavy atom. The van der Waals surface area contributed by atoms with E-state index in [0.717, 1.165) is 18.5 Å². The van der Waals surface area contributed by atoms with Crippen LogP contribution in [0.5, 0.6) is 0 Å². The standard InChI is InChI=1S/C15H32N2/c1-6-11-17(12-14-7-8-14)13(2)9-10-16-15(3,4)5/h13-14,16H,6-12H2,1-5H3. The Morgan fingerprint density at radius 1 is 1.29 bits per heavy atom. The molecule has 0 heterocycles. The van der Waals surface area contributed by atoms with Crippen molar-refractivity contribution in [3.8, 4) is 0 Å². The Kier molecular flexibility index (Phi) is 5.94. The molecule has 0 aromatic rings. The first-order valence-electron chi connectivity index (χ1n) is 7.41. The molecule has 2 nitrogen and oxygen atoms in total. The molecule has 102 valence electrons. The quantitative estimate of drug-likeness (QED) is 0.700. The molecule has 0 bridgehead atoms. The zero-order chi connectivity index (χ0) is 12.9. The van der Waals surface area contributed by atoms with Gasteiger partial charge in [0.25, 0.3) is 0 Å². The third kappa shape index (κ3) is 7.05. The van der Waals surface area contributed by atoms with Crippen LogP contribution >= 0.6 is 0 Å². The lowest BCUT2D eigenvalue weighted by molar-refractivity contribution is 0.188. The minimum absolute atomic E-state index is 0.256. The van der Waals surface area contributed by atoms with Gasteiger partial charge in [0.1, 0.15) is 0 Å². The third-order valence-corrected chi connectivity index (χ3v) is 3.54. The summed E-state index contributed by atoms with van der Waals surface area (Å²) in [6.07, 6.45) is 5.48. The monoisotopic (exact) mass is 240 g/mol. The number of rotatable bonds is 8. The highest BCUT2D eigenvalue weighted by Gasteiger charge is 2.26. The Morgan fingerprint density at radius 3 is 2.41 bits per heavy atom. The van der Waals surface area contributed by atoms with Gasteiger partial charge in [-0.1, -0.05) is 6.92 Å². The second-order valence-electron chi connectivity index (χ2n) is 6.75. The van der Waals surface area contributed by atoms with Crippen LogP contribution in [0.3, 0.4) is 0 Å². The van der Waals surface area contributed by atoms with Crippen LogP contribution in [-0.2, 0) is 0 Å². The Labute approximate surface area is 108 Å². The molecule has 1 unspecified atom stereocenters. The first-order valence-corrected chi connectivity index (χ1v) is 7.41. The van der Waals surface area contributed by atoms with E-state index in [9.17, 15) is 0 Å². The molecular formula is C15H32N2. The summed E-state index contributed by atoms with van der Waals surface area (Å²) in [7, 11) is 0. The van der Waals surface area contributed by atoms with E-state index < -0.39 is 0 Å². The van der Waals surface area contributed by atoms with Crippen LogP contribution in [0.1, 0.15) is 60.3 Å². The van der Waals surface area contributed by atoms with Gasteiger partial charge in [0.05, 0.1) is 0 Å². The van der Waals surface area contributed by atoms with E-state index in [-0.39, 0.29) is 5.54 Å². The molecule has 1 N–H and O–H groups in total. The summed E-state index contributed by atoms with van der Waals surface area (Å²) in [6, 6.07) is 0.727. The maximum Gasteiger partial charge on any atom is 0.00965 e. The van der Waals surface area contributed by atoms with Crippen LogP contribution in [0.4, 0.5) is 0 Å². The molecular weight excluding hydrogens is 208 g/mol. The van der Waals surface area contributed by atoms with Crippen LogP contribution in [0.25, 0.3) is 0 Å². The Balaban J connectivity index is 2.23. The molecule has 1 saturated carbocycles. The second-order valence-corrected chi connectivity index (χ2v) is 6.75. The third-order valence-electron chi connectivity index (χ3n) is 3.54. The molecule has 0 aromatic heterocycles. The molecule has 2 heteroatoms. The zero-order valence-corrected chi connectivity index (χ0v) is 12.6. The predicted octanol–water partition coefficient (Wildman–Crippen LogP) is 3.28. The number of nitrogens with one attached hydrogen (secondary N) is 1. The van der Waals surface area contributed by atoms with Crippen molar-refractivity contribution >= 4 is 0 Å². The summed E-state index contributed by atoms with van der Waals surface area (Å²) < 4.78 is 0. The van der Waals surface area contributed by atoms with Crippen LogP contribution in [0.2, 0.25) is 0 Å². The van der Waals surface area contributed by atoms with Gasteiger partial charge in [-0.15, -0.1) is 0 Å². The highest BCUT2D eigenvalue weighted by molar-refractivity contribution is 4.80. The first-order chi connectivity index (χ1) is 7.92. The highest BCUT2D eigenvalue weighted by Crippen LogP contribution is 2.30. The van der Waals surface area contributed by atoms with Gasteiger partial charge in [0.2, 0.25) is 0 Å². The summed E-state index contributed by atoms with van der Waals surface area (Å²) in [4.78, 5) is 2.70. The van der Waals surface area contributed by atoms with E-state index in [1.54, 1.807) is 0 Å². The fourth-order valence-corrected chi connectivity index (χ4v) is 2.25.